The summed E-state index contributed by atoms with van der Waals surface area (Å²) in [6.45, 7) is 3.82. The molecule has 0 aliphatic carbocycles. The van der Waals surface area contributed by atoms with Crippen molar-refractivity contribution >= 4 is 27.6 Å². The number of carbonyl (C=O) groups excluding carboxylic acids is 2. The number of carbonyl (C=O) groups is 2. The lowest BCUT2D eigenvalue weighted by atomic mass is 9.91. The van der Waals surface area contributed by atoms with Crippen LogP contribution in [0.5, 0.6) is 0 Å². The van der Waals surface area contributed by atoms with E-state index < -0.39 is 22.0 Å². The molecule has 0 aromatic carbocycles. The van der Waals surface area contributed by atoms with Gasteiger partial charge in [-0.2, -0.15) is 4.72 Å². The van der Waals surface area contributed by atoms with Gasteiger partial charge in [0.2, 0.25) is 15.9 Å². The third kappa shape index (κ3) is 9.53. The molecule has 1 saturated heterocycles. The van der Waals surface area contributed by atoms with E-state index in [4.69, 9.17) is 4.84 Å². The van der Waals surface area contributed by atoms with E-state index in [0.717, 1.165) is 31.6 Å². The van der Waals surface area contributed by atoms with Gasteiger partial charge in [-0.25, -0.2) is 8.42 Å². The van der Waals surface area contributed by atoms with E-state index in [0.29, 0.717) is 25.2 Å². The second-order valence-corrected chi connectivity index (χ2v) is 10.1. The summed E-state index contributed by atoms with van der Waals surface area (Å²) >= 11 is 0. The highest BCUT2D eigenvalue weighted by molar-refractivity contribution is 7.89. The van der Waals surface area contributed by atoms with E-state index in [-0.39, 0.29) is 30.7 Å². The highest BCUT2D eigenvalue weighted by Crippen LogP contribution is 2.22. The van der Waals surface area contributed by atoms with Crippen molar-refractivity contribution in [2.45, 2.75) is 70.4 Å². The van der Waals surface area contributed by atoms with Crippen molar-refractivity contribution in [1.82, 2.24) is 15.4 Å². The molecule has 0 spiro atoms. The van der Waals surface area contributed by atoms with Gasteiger partial charge in [0.15, 0.2) is 0 Å². The van der Waals surface area contributed by atoms with Gasteiger partial charge in [0.1, 0.15) is 12.1 Å². The number of nitrogens with zero attached hydrogens (tertiary/aromatic N) is 1. The average Bonchev–Trinajstić information content (AvgIpc) is 3.21. The van der Waals surface area contributed by atoms with Crippen molar-refractivity contribution < 1.29 is 27.6 Å². The molecule has 2 heterocycles. The third-order valence-corrected chi connectivity index (χ3v) is 7.05. The number of hydrogen-bond acceptors (Lipinski definition) is 8. The van der Waals surface area contributed by atoms with Crippen LogP contribution >= 0.6 is 0 Å². The lowest BCUT2D eigenvalue weighted by molar-refractivity contribution is -0.142. The second kappa shape index (κ2) is 13.0. The Balaban J connectivity index is 1.72. The minimum atomic E-state index is -3.64. The minimum absolute atomic E-state index is 0.0850. The van der Waals surface area contributed by atoms with Crippen LogP contribution in [0.2, 0.25) is 0 Å². The molecule has 11 heteroatoms. The molecule has 10 nitrogen and oxygen atoms in total. The van der Waals surface area contributed by atoms with Gasteiger partial charge in [-0.15, -0.1) is 0 Å². The van der Waals surface area contributed by atoms with Crippen LogP contribution < -0.4 is 15.4 Å². The Kier molecular flexibility index (Phi) is 10.7. The average molecular weight is 461 g/mol. The van der Waals surface area contributed by atoms with Crippen LogP contribution in [0.3, 0.4) is 0 Å². The Hall–Kier alpha value is -1.72. The first-order valence-electron chi connectivity index (χ1n) is 11.1. The van der Waals surface area contributed by atoms with Crippen LogP contribution in [0, 0.1) is 5.92 Å². The number of esters is 1. The van der Waals surface area contributed by atoms with Crippen molar-refractivity contribution in [2.24, 2.45) is 11.1 Å². The van der Waals surface area contributed by atoms with E-state index >= 15 is 0 Å². The number of rotatable bonds is 13. The Morgan fingerprint density at radius 2 is 2.06 bits per heavy atom. The summed E-state index contributed by atoms with van der Waals surface area (Å²) < 4.78 is 31.1. The summed E-state index contributed by atoms with van der Waals surface area (Å²) in [7, 11) is -2.47. The largest absolute Gasteiger partial charge is 0.468 e. The van der Waals surface area contributed by atoms with Crippen LogP contribution in [-0.2, 0) is 29.2 Å². The first kappa shape index (κ1) is 25.5. The summed E-state index contributed by atoms with van der Waals surface area (Å²) in [4.78, 5) is 29.6. The molecule has 3 N–H and O–H groups in total. The van der Waals surface area contributed by atoms with Gasteiger partial charge in [-0.3, -0.25) is 9.59 Å². The number of methoxy groups -OCH3 is 1. The smallest absolute Gasteiger partial charge is 0.325 e. The first-order valence-corrected chi connectivity index (χ1v) is 12.7. The molecule has 0 saturated carbocycles. The molecular formula is C20H36N4O6S. The predicted molar refractivity (Wildman–Crippen MR) is 117 cm³/mol. The van der Waals surface area contributed by atoms with E-state index in [1.165, 1.54) is 20.0 Å². The summed E-state index contributed by atoms with van der Waals surface area (Å²) in [6.07, 6.45) is 5.90. The summed E-state index contributed by atoms with van der Waals surface area (Å²) in [5.74, 6) is -0.455. The predicted octanol–water partition coefficient (Wildman–Crippen LogP) is 0.679. The fourth-order valence-corrected chi connectivity index (χ4v) is 5.10. The molecular weight excluding hydrogens is 424 g/mol. The second-order valence-electron chi connectivity index (χ2n) is 8.20. The van der Waals surface area contributed by atoms with Crippen molar-refractivity contribution in [2.75, 3.05) is 32.5 Å². The lowest BCUT2D eigenvalue weighted by Crippen LogP contribution is -2.49. The zero-order valence-electron chi connectivity index (χ0n) is 18.5. The maximum Gasteiger partial charge on any atom is 0.325 e. The van der Waals surface area contributed by atoms with Gasteiger partial charge in [0, 0.05) is 13.0 Å². The quantitative estimate of drug-likeness (QED) is 0.344. The molecule has 1 fully saturated rings. The number of sulfonamides is 1. The Morgan fingerprint density at radius 1 is 1.32 bits per heavy atom. The molecule has 2 aliphatic heterocycles. The first-order chi connectivity index (χ1) is 14.8. The highest BCUT2D eigenvalue weighted by atomic mass is 32.2. The molecule has 31 heavy (non-hydrogen) atoms. The lowest BCUT2D eigenvalue weighted by Gasteiger charge is -2.22. The Bertz CT molecular complexity index is 721. The minimum Gasteiger partial charge on any atom is -0.468 e. The van der Waals surface area contributed by atoms with Crippen LogP contribution in [0.25, 0.3) is 0 Å². The number of piperidine rings is 1. The van der Waals surface area contributed by atoms with Gasteiger partial charge < -0.3 is 20.2 Å². The normalized spacial score (nSPS) is 20.6. The van der Waals surface area contributed by atoms with Crippen LogP contribution in [0.4, 0.5) is 0 Å². The molecule has 1 amide bonds. The van der Waals surface area contributed by atoms with Gasteiger partial charge in [-0.1, -0.05) is 18.5 Å². The van der Waals surface area contributed by atoms with Crippen molar-refractivity contribution in [3.8, 4) is 0 Å². The van der Waals surface area contributed by atoms with E-state index in [9.17, 15) is 18.0 Å². The van der Waals surface area contributed by atoms with Crippen molar-refractivity contribution in [3.63, 3.8) is 0 Å². The summed E-state index contributed by atoms with van der Waals surface area (Å²) in [5.41, 5.74) is 0.979. The highest BCUT2D eigenvalue weighted by Gasteiger charge is 2.28. The fourth-order valence-electron chi connectivity index (χ4n) is 3.70. The van der Waals surface area contributed by atoms with E-state index in [1.807, 2.05) is 6.92 Å². The van der Waals surface area contributed by atoms with Crippen LogP contribution in [0.1, 0.15) is 58.3 Å². The summed E-state index contributed by atoms with van der Waals surface area (Å²) in [6, 6.07) is -1.17. The molecule has 2 rings (SSSR count). The summed E-state index contributed by atoms with van der Waals surface area (Å²) in [5, 5.41) is 10.1. The Labute approximate surface area is 184 Å². The van der Waals surface area contributed by atoms with Gasteiger partial charge in [0.25, 0.3) is 0 Å². The number of nitrogens with one attached hydrogen (secondary N) is 3. The topological polar surface area (TPSA) is 135 Å². The van der Waals surface area contributed by atoms with Gasteiger partial charge >= 0.3 is 5.97 Å². The monoisotopic (exact) mass is 460 g/mol. The SMILES string of the molecule is CCCCS(=O)(=O)N[C@@H](CNC(=O)CC1CC(CCC2CCNCC2)=NO1)C(=O)OC. The Morgan fingerprint density at radius 3 is 2.74 bits per heavy atom. The molecule has 0 radical (unpaired) electrons. The number of oxime groups is 1. The molecule has 2 atom stereocenters. The standard InChI is InChI=1S/C20H36N4O6S/c1-3-4-11-31(27,28)24-18(20(26)29-2)14-22-19(25)13-17-12-16(23-30-17)6-5-15-7-9-21-10-8-15/h15,17-18,21,24H,3-14H2,1-2H3,(H,22,25)/t17?,18-/m0/s1. The zero-order valence-corrected chi connectivity index (χ0v) is 19.3. The van der Waals surface area contributed by atoms with Crippen LogP contribution in [-0.4, -0.2) is 70.6 Å². The number of unbranched alkanes of at least 4 members (excludes halogenated alkanes) is 1. The molecule has 1 unspecified atom stereocenters. The molecule has 0 bridgehead atoms. The molecule has 0 aromatic heterocycles. The maximum atomic E-state index is 12.3. The molecule has 0 aromatic rings. The zero-order chi connectivity index (χ0) is 22.7. The molecule has 178 valence electrons. The van der Waals surface area contributed by atoms with Gasteiger partial charge in [0.05, 0.1) is 25.0 Å². The number of amides is 1. The van der Waals surface area contributed by atoms with Crippen molar-refractivity contribution in [1.29, 1.82) is 0 Å². The third-order valence-electron chi connectivity index (χ3n) is 5.58. The van der Waals surface area contributed by atoms with Crippen molar-refractivity contribution in [3.05, 3.63) is 0 Å². The number of ether oxygens (including phenoxy) is 1. The fraction of sp³-hybridized carbons (Fsp3) is 0.850. The maximum absolute atomic E-state index is 12.3. The van der Waals surface area contributed by atoms with Gasteiger partial charge in [-0.05, 0) is 51.1 Å². The van der Waals surface area contributed by atoms with E-state index in [1.54, 1.807) is 0 Å². The molecule has 2 aliphatic rings. The van der Waals surface area contributed by atoms with Crippen LogP contribution in [0.15, 0.2) is 5.16 Å². The van der Waals surface area contributed by atoms with E-state index in [2.05, 4.69) is 25.2 Å². The number of hydrogen-bond donors (Lipinski definition) is 3.